The molecule has 1 atom stereocenters. The fourth-order valence-corrected chi connectivity index (χ4v) is 3.37. The van der Waals surface area contributed by atoms with Crippen molar-refractivity contribution >= 4 is 22.9 Å². The molecule has 4 rings (SSSR count). The van der Waals surface area contributed by atoms with Crippen molar-refractivity contribution in [3.8, 4) is 0 Å². The number of nitrogens with two attached hydrogens (primary N) is 1. The van der Waals surface area contributed by atoms with E-state index >= 15 is 0 Å². The number of likely N-dealkylation sites (N-methyl/N-ethyl adjacent to an activating group) is 1. The Hall–Kier alpha value is -1.93. The van der Waals surface area contributed by atoms with Gasteiger partial charge in [0.25, 0.3) is 0 Å². The number of aromatic amines is 1. The number of anilines is 2. The molecule has 0 amide bonds. The molecule has 1 unspecified atom stereocenters. The number of H-pyrrole nitrogens is 1. The van der Waals surface area contributed by atoms with Gasteiger partial charge in [-0.2, -0.15) is 9.97 Å². The largest absolute Gasteiger partial charge is 0.368 e. The van der Waals surface area contributed by atoms with Gasteiger partial charge in [-0.05, 0) is 7.05 Å². The molecular formula is C13H20N8. The highest BCUT2D eigenvalue weighted by atomic mass is 15.4. The van der Waals surface area contributed by atoms with Crippen LogP contribution in [0.1, 0.15) is 0 Å². The van der Waals surface area contributed by atoms with Gasteiger partial charge in [0.15, 0.2) is 11.5 Å². The lowest BCUT2D eigenvalue weighted by Crippen LogP contribution is -2.61. The molecule has 2 aliphatic rings. The van der Waals surface area contributed by atoms with Gasteiger partial charge in [-0.15, -0.1) is 0 Å². The van der Waals surface area contributed by atoms with Gasteiger partial charge in [-0.3, -0.25) is 4.90 Å². The Bertz CT molecular complexity index is 653. The lowest BCUT2D eigenvalue weighted by atomic mass is 10.1. The summed E-state index contributed by atoms with van der Waals surface area (Å²) in [5.74, 6) is 1.16. The van der Waals surface area contributed by atoms with Crippen molar-refractivity contribution in [2.45, 2.75) is 6.04 Å². The van der Waals surface area contributed by atoms with Crippen LogP contribution in [0.25, 0.3) is 11.2 Å². The molecule has 2 aromatic heterocycles. The summed E-state index contributed by atoms with van der Waals surface area (Å²) < 4.78 is 0. The molecule has 112 valence electrons. The molecule has 0 aliphatic carbocycles. The number of piperazine rings is 2. The molecule has 0 radical (unpaired) electrons. The molecule has 2 fully saturated rings. The Labute approximate surface area is 123 Å². The number of imidazole rings is 1. The van der Waals surface area contributed by atoms with E-state index in [0.29, 0.717) is 11.7 Å². The molecule has 0 aromatic carbocycles. The minimum absolute atomic E-state index is 0.285. The summed E-state index contributed by atoms with van der Waals surface area (Å²) in [4.78, 5) is 23.2. The normalized spacial score (nSPS) is 24.4. The molecule has 8 nitrogen and oxygen atoms in total. The predicted molar refractivity (Wildman–Crippen MR) is 81.2 cm³/mol. The molecule has 2 aliphatic heterocycles. The van der Waals surface area contributed by atoms with Crippen LogP contribution < -0.4 is 10.6 Å². The first-order valence-electron chi connectivity index (χ1n) is 7.35. The quantitative estimate of drug-likeness (QED) is 0.722. The molecule has 3 N–H and O–H groups in total. The minimum atomic E-state index is 0.285. The van der Waals surface area contributed by atoms with E-state index in [0.717, 1.165) is 50.6 Å². The molecule has 0 spiro atoms. The van der Waals surface area contributed by atoms with Crippen LogP contribution in [-0.4, -0.2) is 82.1 Å². The Balaban J connectivity index is 1.65. The lowest BCUT2D eigenvalue weighted by Gasteiger charge is -2.46. The van der Waals surface area contributed by atoms with Crippen molar-refractivity contribution in [2.75, 3.05) is 56.9 Å². The highest BCUT2D eigenvalue weighted by Gasteiger charge is 2.32. The topological polar surface area (TPSA) is 90.2 Å². The monoisotopic (exact) mass is 288 g/mol. The number of nitrogen functional groups attached to an aromatic ring is 1. The Morgan fingerprint density at radius 3 is 2.95 bits per heavy atom. The van der Waals surface area contributed by atoms with E-state index in [9.17, 15) is 0 Å². The van der Waals surface area contributed by atoms with Crippen molar-refractivity contribution in [1.82, 2.24) is 29.7 Å². The van der Waals surface area contributed by atoms with E-state index in [4.69, 9.17) is 5.73 Å². The van der Waals surface area contributed by atoms with Gasteiger partial charge in [0.05, 0.1) is 6.33 Å². The Morgan fingerprint density at radius 2 is 2.05 bits per heavy atom. The number of nitrogens with zero attached hydrogens (tertiary/aromatic N) is 6. The second kappa shape index (κ2) is 4.81. The summed E-state index contributed by atoms with van der Waals surface area (Å²) in [6.45, 7) is 6.41. The number of fused-ring (bicyclic) bond motifs is 2. The standard InChI is InChI=1S/C13H20N8/c1-19-2-3-20-4-5-21(7-9(20)6-19)12-10-11(16-8-15-10)17-13(14)18-12/h8-9H,2-7H2,1H3,(H3,14,15,16,17,18). The van der Waals surface area contributed by atoms with Gasteiger partial charge in [-0.1, -0.05) is 0 Å². The SMILES string of the molecule is CN1CCN2CCN(c3nc(N)nc4nc[nH]c34)CC2C1. The van der Waals surface area contributed by atoms with E-state index in [1.165, 1.54) is 0 Å². The van der Waals surface area contributed by atoms with Gasteiger partial charge in [0.1, 0.15) is 5.52 Å². The van der Waals surface area contributed by atoms with Crippen molar-refractivity contribution in [3.05, 3.63) is 6.33 Å². The van der Waals surface area contributed by atoms with Gasteiger partial charge in [0, 0.05) is 45.3 Å². The van der Waals surface area contributed by atoms with Crippen LogP contribution in [0, 0.1) is 0 Å². The van der Waals surface area contributed by atoms with E-state index in [1.807, 2.05) is 0 Å². The summed E-state index contributed by atoms with van der Waals surface area (Å²) in [7, 11) is 2.19. The molecule has 8 heteroatoms. The maximum Gasteiger partial charge on any atom is 0.224 e. The van der Waals surface area contributed by atoms with Crippen LogP contribution >= 0.6 is 0 Å². The van der Waals surface area contributed by atoms with Crippen LogP contribution in [0.4, 0.5) is 11.8 Å². The molecular weight excluding hydrogens is 268 g/mol. The third-order valence-electron chi connectivity index (χ3n) is 4.48. The van der Waals surface area contributed by atoms with Crippen LogP contribution in [0.2, 0.25) is 0 Å². The second-order valence-corrected chi connectivity index (χ2v) is 5.90. The smallest absolute Gasteiger partial charge is 0.224 e. The maximum absolute atomic E-state index is 5.82. The summed E-state index contributed by atoms with van der Waals surface area (Å²) >= 11 is 0. The third-order valence-corrected chi connectivity index (χ3v) is 4.48. The zero-order valence-corrected chi connectivity index (χ0v) is 12.2. The van der Waals surface area contributed by atoms with Crippen molar-refractivity contribution in [2.24, 2.45) is 0 Å². The second-order valence-electron chi connectivity index (χ2n) is 5.90. The van der Waals surface area contributed by atoms with E-state index in [1.54, 1.807) is 6.33 Å². The maximum atomic E-state index is 5.82. The first-order chi connectivity index (χ1) is 10.2. The van der Waals surface area contributed by atoms with E-state index in [2.05, 4.69) is 41.7 Å². The fraction of sp³-hybridized carbons (Fsp3) is 0.615. The van der Waals surface area contributed by atoms with E-state index in [-0.39, 0.29) is 5.95 Å². The third kappa shape index (κ3) is 2.20. The summed E-state index contributed by atoms with van der Waals surface area (Å²) in [5, 5.41) is 0. The highest BCUT2D eigenvalue weighted by molar-refractivity contribution is 5.84. The van der Waals surface area contributed by atoms with Crippen LogP contribution in [0.15, 0.2) is 6.33 Å². The first-order valence-corrected chi connectivity index (χ1v) is 7.35. The molecule has 0 bridgehead atoms. The number of aromatic nitrogens is 4. The summed E-state index contributed by atoms with van der Waals surface area (Å²) in [6, 6.07) is 0.548. The number of rotatable bonds is 1. The summed E-state index contributed by atoms with van der Waals surface area (Å²) in [5.41, 5.74) is 7.34. The molecule has 2 saturated heterocycles. The molecule has 2 aromatic rings. The number of hydrogen-bond donors (Lipinski definition) is 2. The van der Waals surface area contributed by atoms with Crippen molar-refractivity contribution in [3.63, 3.8) is 0 Å². The van der Waals surface area contributed by atoms with Crippen LogP contribution in [-0.2, 0) is 0 Å². The molecule has 0 saturated carbocycles. The van der Waals surface area contributed by atoms with Gasteiger partial charge >= 0.3 is 0 Å². The molecule has 21 heavy (non-hydrogen) atoms. The van der Waals surface area contributed by atoms with Gasteiger partial charge in [0.2, 0.25) is 5.95 Å². The van der Waals surface area contributed by atoms with Crippen LogP contribution in [0.5, 0.6) is 0 Å². The zero-order chi connectivity index (χ0) is 14.4. The first kappa shape index (κ1) is 12.8. The molecule has 4 heterocycles. The predicted octanol–water partition coefficient (Wildman–Crippen LogP) is -0.629. The van der Waals surface area contributed by atoms with Crippen LogP contribution in [0.3, 0.4) is 0 Å². The van der Waals surface area contributed by atoms with Crippen molar-refractivity contribution in [1.29, 1.82) is 0 Å². The number of nitrogens with one attached hydrogen (secondary N) is 1. The van der Waals surface area contributed by atoms with Gasteiger partial charge in [-0.25, -0.2) is 4.98 Å². The Morgan fingerprint density at radius 1 is 1.19 bits per heavy atom. The highest BCUT2D eigenvalue weighted by Crippen LogP contribution is 2.25. The average molecular weight is 288 g/mol. The Kier molecular flexibility index (Phi) is 2.93. The zero-order valence-electron chi connectivity index (χ0n) is 12.2. The fourth-order valence-electron chi connectivity index (χ4n) is 3.37. The van der Waals surface area contributed by atoms with Gasteiger partial charge < -0.3 is 20.5 Å². The summed E-state index contributed by atoms with van der Waals surface area (Å²) in [6.07, 6.45) is 1.65. The lowest BCUT2D eigenvalue weighted by molar-refractivity contribution is 0.0805. The average Bonchev–Trinajstić information content (AvgIpc) is 2.93. The van der Waals surface area contributed by atoms with Crippen molar-refractivity contribution < 1.29 is 0 Å². The minimum Gasteiger partial charge on any atom is -0.368 e. The number of hydrogen-bond acceptors (Lipinski definition) is 7. The van der Waals surface area contributed by atoms with E-state index < -0.39 is 0 Å².